The first-order valence-corrected chi connectivity index (χ1v) is 13.8. The quantitative estimate of drug-likeness (QED) is 0.198. The molecule has 0 aliphatic heterocycles. The number of fused-ring (bicyclic) bond motifs is 13. The molecule has 42 heavy (non-hydrogen) atoms. The molecular formula is C36H18N6. The third kappa shape index (κ3) is 2.52. The van der Waals surface area contributed by atoms with Crippen LogP contribution in [0.15, 0.2) is 109 Å². The third-order valence-corrected chi connectivity index (χ3v) is 8.71. The topological polar surface area (TPSA) is 52.4 Å². The van der Waals surface area contributed by atoms with Crippen LogP contribution < -0.4 is 0 Å². The van der Waals surface area contributed by atoms with E-state index in [4.69, 9.17) is 16.5 Å². The third-order valence-electron chi connectivity index (χ3n) is 8.71. The van der Waals surface area contributed by atoms with E-state index in [0.717, 1.165) is 27.2 Å². The summed E-state index contributed by atoms with van der Waals surface area (Å²) < 4.78 is 4.59. The molecule has 5 heterocycles. The summed E-state index contributed by atoms with van der Waals surface area (Å²) >= 11 is 0. The van der Waals surface area contributed by atoms with E-state index in [9.17, 15) is 0 Å². The molecule has 192 valence electrons. The normalized spacial score (nSPS) is 12.3. The molecule has 5 aromatic heterocycles. The van der Waals surface area contributed by atoms with Crippen molar-refractivity contribution in [1.29, 1.82) is 0 Å². The smallest absolute Gasteiger partial charge is 0.332 e. The van der Waals surface area contributed by atoms with Crippen molar-refractivity contribution in [3.05, 3.63) is 121 Å². The molecule has 0 atom stereocenters. The second-order valence-electron chi connectivity index (χ2n) is 10.8. The first-order chi connectivity index (χ1) is 20.8. The molecule has 10 rings (SSSR count). The van der Waals surface area contributed by atoms with E-state index in [1.807, 2.05) is 18.2 Å². The van der Waals surface area contributed by atoms with Gasteiger partial charge in [0.2, 0.25) is 0 Å². The monoisotopic (exact) mass is 534 g/mol. The zero-order valence-electron chi connectivity index (χ0n) is 22.1. The highest BCUT2D eigenvalue weighted by atomic mass is 15.2. The molecule has 0 bridgehead atoms. The second-order valence-corrected chi connectivity index (χ2v) is 10.8. The zero-order chi connectivity index (χ0) is 27.5. The van der Waals surface area contributed by atoms with Gasteiger partial charge < -0.3 is 9.25 Å². The molecule has 0 amide bonds. The number of pyridine rings is 1. The van der Waals surface area contributed by atoms with Crippen LogP contribution in [0.4, 0.5) is 5.82 Å². The van der Waals surface area contributed by atoms with Crippen molar-refractivity contribution >= 4 is 87.5 Å². The van der Waals surface area contributed by atoms with E-state index in [1.54, 1.807) is 6.20 Å². The highest BCUT2D eigenvalue weighted by Gasteiger charge is 2.27. The zero-order valence-corrected chi connectivity index (χ0v) is 22.1. The molecule has 5 aromatic carbocycles. The molecule has 0 aliphatic carbocycles. The Balaban J connectivity index is 1.53. The van der Waals surface area contributed by atoms with Gasteiger partial charge >= 0.3 is 11.8 Å². The van der Waals surface area contributed by atoms with Crippen LogP contribution >= 0.6 is 0 Å². The summed E-state index contributed by atoms with van der Waals surface area (Å²) in [5, 5.41) is 9.48. The Kier molecular flexibility index (Phi) is 3.91. The summed E-state index contributed by atoms with van der Waals surface area (Å²) in [7, 11) is 0. The maximum atomic E-state index is 7.89. The molecule has 0 unspecified atom stereocenters. The van der Waals surface area contributed by atoms with Gasteiger partial charge in [-0.05, 0) is 35.7 Å². The number of para-hydroxylation sites is 2. The summed E-state index contributed by atoms with van der Waals surface area (Å²) in [6.45, 7) is 7.89. The maximum Gasteiger partial charge on any atom is 0.332 e. The average molecular weight is 535 g/mol. The lowest BCUT2D eigenvalue weighted by Gasteiger charge is -2.07. The van der Waals surface area contributed by atoms with Crippen LogP contribution in [0.5, 0.6) is 0 Å². The highest BCUT2D eigenvalue weighted by Crippen LogP contribution is 2.47. The van der Waals surface area contributed by atoms with Gasteiger partial charge in [-0.3, -0.25) is 9.55 Å². The Bertz CT molecular complexity index is 2810. The molecule has 0 radical (unpaired) electrons. The van der Waals surface area contributed by atoms with E-state index in [1.165, 1.54) is 43.5 Å². The van der Waals surface area contributed by atoms with Gasteiger partial charge in [-0.15, -0.1) is 0 Å². The lowest BCUT2D eigenvalue weighted by Crippen LogP contribution is -2.02. The van der Waals surface area contributed by atoms with E-state index in [2.05, 4.69) is 104 Å². The Hall–Kier alpha value is -6.06. The first-order valence-electron chi connectivity index (χ1n) is 13.8. The first kappa shape index (κ1) is 21.7. The molecule has 10 aromatic rings. The molecule has 6 nitrogen and oxygen atoms in total. The Morgan fingerprint density at radius 2 is 1.33 bits per heavy atom. The second kappa shape index (κ2) is 7.57. The fourth-order valence-electron chi connectivity index (χ4n) is 7.08. The minimum Gasteiger partial charge on any atom is -0.359 e. The summed E-state index contributed by atoms with van der Waals surface area (Å²) in [6, 6.07) is 36.2. The van der Waals surface area contributed by atoms with E-state index < -0.39 is 0 Å². The number of rotatable bonds is 1. The maximum absolute atomic E-state index is 7.89. The Morgan fingerprint density at radius 3 is 2.19 bits per heavy atom. The molecular weight excluding hydrogens is 516 g/mol. The van der Waals surface area contributed by atoms with Gasteiger partial charge in [0.25, 0.3) is 0 Å². The van der Waals surface area contributed by atoms with Crippen LogP contribution in [0.2, 0.25) is 0 Å². The van der Waals surface area contributed by atoms with Gasteiger partial charge in [-0.1, -0.05) is 84.4 Å². The standard InChI is InChI=1S/C36H18N6/c1-37-35-31-27(13-8-18-38-31)39-36(40-35)42-29-15-7-5-12-23(29)26-19-25-22-11-4-6-14-28(22)41-32-21-10-3-2-9-20(21)16-17-24(32)30(33(25)41)34(26)42/h2-19H. The van der Waals surface area contributed by atoms with Crippen molar-refractivity contribution in [2.24, 2.45) is 0 Å². The largest absolute Gasteiger partial charge is 0.359 e. The van der Waals surface area contributed by atoms with E-state index in [-0.39, 0.29) is 5.82 Å². The Labute approximate surface area is 237 Å². The van der Waals surface area contributed by atoms with E-state index in [0.29, 0.717) is 17.0 Å². The number of hydrogen-bond donors (Lipinski definition) is 0. The van der Waals surface area contributed by atoms with E-state index >= 15 is 0 Å². The van der Waals surface area contributed by atoms with Gasteiger partial charge in [0.15, 0.2) is 0 Å². The summed E-state index contributed by atoms with van der Waals surface area (Å²) in [5.41, 5.74) is 6.78. The fraction of sp³-hybridized carbons (Fsp3) is 0. The molecule has 0 saturated heterocycles. The number of nitrogens with zero attached hydrogens (tertiary/aromatic N) is 6. The van der Waals surface area contributed by atoms with Gasteiger partial charge in [-0.25, -0.2) is 0 Å². The average Bonchev–Trinajstić information content (AvgIpc) is 3.68. The van der Waals surface area contributed by atoms with Gasteiger partial charge in [0.05, 0.1) is 33.1 Å². The lowest BCUT2D eigenvalue weighted by molar-refractivity contribution is 1.02. The van der Waals surface area contributed by atoms with Crippen molar-refractivity contribution in [1.82, 2.24) is 23.9 Å². The lowest BCUT2D eigenvalue weighted by atomic mass is 10.0. The van der Waals surface area contributed by atoms with Gasteiger partial charge in [-0.2, -0.15) is 4.98 Å². The molecule has 0 fully saturated rings. The van der Waals surface area contributed by atoms with Crippen molar-refractivity contribution < 1.29 is 0 Å². The van der Waals surface area contributed by atoms with Crippen LogP contribution in [0, 0.1) is 6.57 Å². The number of hydrogen-bond acceptors (Lipinski definition) is 3. The molecule has 0 aliphatic rings. The van der Waals surface area contributed by atoms with Crippen molar-refractivity contribution in [2.75, 3.05) is 0 Å². The summed E-state index contributed by atoms with van der Waals surface area (Å²) in [6.07, 6.45) is 1.68. The van der Waals surface area contributed by atoms with Crippen molar-refractivity contribution in [3.8, 4) is 5.95 Å². The fourth-order valence-corrected chi connectivity index (χ4v) is 7.08. The van der Waals surface area contributed by atoms with Gasteiger partial charge in [0, 0.05) is 43.9 Å². The van der Waals surface area contributed by atoms with Crippen LogP contribution in [0.3, 0.4) is 0 Å². The van der Waals surface area contributed by atoms with Crippen LogP contribution in [0.1, 0.15) is 0 Å². The summed E-state index contributed by atoms with van der Waals surface area (Å²) in [5.74, 6) is 0.722. The number of aromatic nitrogens is 5. The minimum atomic E-state index is 0.250. The van der Waals surface area contributed by atoms with Crippen LogP contribution in [-0.4, -0.2) is 23.9 Å². The van der Waals surface area contributed by atoms with Gasteiger partial charge in [0.1, 0.15) is 5.52 Å². The molecule has 6 heteroatoms. The minimum absolute atomic E-state index is 0.250. The number of benzene rings is 5. The SMILES string of the molecule is [C-]#[N+]c1nc(-n2c3ccccc3c3cc4c5ccccc5n5c6c7ccccc7ccc6c(c32)c45)nc2cccnc12. The van der Waals surface area contributed by atoms with Crippen LogP contribution in [0.25, 0.3) is 92.5 Å². The molecule has 0 N–H and O–H groups in total. The van der Waals surface area contributed by atoms with Crippen LogP contribution in [-0.2, 0) is 0 Å². The molecule has 0 saturated carbocycles. The van der Waals surface area contributed by atoms with Crippen molar-refractivity contribution in [3.63, 3.8) is 0 Å². The predicted octanol–water partition coefficient (Wildman–Crippen LogP) is 8.98. The van der Waals surface area contributed by atoms with Crippen molar-refractivity contribution in [2.45, 2.75) is 0 Å². The highest BCUT2D eigenvalue weighted by molar-refractivity contribution is 6.36. The molecule has 0 spiro atoms. The summed E-state index contributed by atoms with van der Waals surface area (Å²) in [4.78, 5) is 18.0. The predicted molar refractivity (Wildman–Crippen MR) is 170 cm³/mol. The Morgan fingerprint density at radius 1 is 0.595 bits per heavy atom.